The molecule has 0 radical (unpaired) electrons. The summed E-state index contributed by atoms with van der Waals surface area (Å²) in [6.45, 7) is 3.92. The number of halogens is 2. The maximum atomic E-state index is 16.0. The summed E-state index contributed by atoms with van der Waals surface area (Å²) in [5.74, 6) is -0.0719. The molecule has 0 saturated heterocycles. The number of imidazole rings is 1. The number of carbonyl (C=O) groups is 1. The maximum absolute atomic E-state index is 16.0. The predicted octanol–water partition coefficient (Wildman–Crippen LogP) is 6.55. The Kier molecular flexibility index (Phi) is 5.91. The number of nitrogens with zero attached hydrogens (tertiary/aromatic N) is 4. The van der Waals surface area contributed by atoms with Gasteiger partial charge in [-0.3, -0.25) is 19.9 Å². The lowest BCUT2D eigenvalue weighted by molar-refractivity contribution is -0.116. The first kappa shape index (κ1) is 23.9. The third-order valence-corrected chi connectivity index (χ3v) is 6.91. The summed E-state index contributed by atoms with van der Waals surface area (Å²) >= 11 is 0.977. The predicted molar refractivity (Wildman–Crippen MR) is 144 cm³/mol. The standard InChI is InChI=1S/C27H21F2N7OS/c1-13(2)9-21(37)32-15-10-14(11-30-12-15)16-3-4-17-22(23(16)29)26(36-35-17)27-33-18-7-8-31-25(24(18)34-27)19-5-6-20(28)38-19/h3-8,10-13H,9H2,1-2H3,(H,32,37)(H,33,34)(H,35,36). The zero-order valence-electron chi connectivity index (χ0n) is 20.3. The first-order valence-electron chi connectivity index (χ1n) is 11.9. The van der Waals surface area contributed by atoms with E-state index in [4.69, 9.17) is 0 Å². The van der Waals surface area contributed by atoms with Gasteiger partial charge in [0, 0.05) is 29.9 Å². The molecule has 38 heavy (non-hydrogen) atoms. The van der Waals surface area contributed by atoms with E-state index >= 15 is 4.39 Å². The monoisotopic (exact) mass is 529 g/mol. The van der Waals surface area contributed by atoms with Gasteiger partial charge in [0.05, 0.1) is 33.2 Å². The molecule has 6 aromatic rings. The fourth-order valence-corrected chi connectivity index (χ4v) is 5.10. The summed E-state index contributed by atoms with van der Waals surface area (Å²) in [6, 6.07) is 9.85. The minimum Gasteiger partial charge on any atom is -0.336 e. The SMILES string of the molecule is CC(C)CC(=O)Nc1cncc(-c2ccc3[nH]nc(-c4nc5c(-c6ccc(F)s6)nccc5[nH]4)c3c2F)c1. The van der Waals surface area contributed by atoms with Crippen LogP contribution in [-0.2, 0) is 4.79 Å². The second kappa shape index (κ2) is 9.42. The van der Waals surface area contributed by atoms with Crippen molar-refractivity contribution in [3.63, 3.8) is 0 Å². The summed E-state index contributed by atoms with van der Waals surface area (Å²) in [6.07, 6.45) is 5.06. The molecule has 6 rings (SSSR count). The molecule has 0 aliphatic rings. The lowest BCUT2D eigenvalue weighted by Gasteiger charge is -2.09. The molecule has 190 valence electrons. The van der Waals surface area contributed by atoms with Crippen molar-refractivity contribution in [2.45, 2.75) is 20.3 Å². The van der Waals surface area contributed by atoms with E-state index < -0.39 is 5.82 Å². The van der Waals surface area contributed by atoms with Crippen molar-refractivity contribution in [2.24, 2.45) is 5.92 Å². The van der Waals surface area contributed by atoms with Crippen molar-refractivity contribution < 1.29 is 13.6 Å². The number of nitrogens with one attached hydrogen (secondary N) is 3. The molecular weight excluding hydrogens is 508 g/mol. The van der Waals surface area contributed by atoms with E-state index in [1.165, 1.54) is 12.3 Å². The highest BCUT2D eigenvalue weighted by Crippen LogP contribution is 2.36. The van der Waals surface area contributed by atoms with E-state index in [9.17, 15) is 9.18 Å². The highest BCUT2D eigenvalue weighted by atomic mass is 32.1. The van der Waals surface area contributed by atoms with Crippen LogP contribution in [0.2, 0.25) is 0 Å². The first-order valence-corrected chi connectivity index (χ1v) is 12.7. The number of aromatic nitrogens is 6. The van der Waals surface area contributed by atoms with E-state index in [0.717, 1.165) is 11.3 Å². The molecule has 1 aromatic carbocycles. The smallest absolute Gasteiger partial charge is 0.224 e. The lowest BCUT2D eigenvalue weighted by Crippen LogP contribution is -2.14. The summed E-state index contributed by atoms with van der Waals surface area (Å²) in [5, 5.41) is 9.97. The highest BCUT2D eigenvalue weighted by molar-refractivity contribution is 7.13. The molecule has 11 heteroatoms. The summed E-state index contributed by atoms with van der Waals surface area (Å²) in [7, 11) is 0. The molecule has 5 aromatic heterocycles. The second-order valence-electron chi connectivity index (χ2n) is 9.28. The number of amides is 1. The van der Waals surface area contributed by atoms with Gasteiger partial charge in [-0.1, -0.05) is 13.8 Å². The van der Waals surface area contributed by atoms with Crippen LogP contribution in [0, 0.1) is 16.9 Å². The number of rotatable bonds is 6. The average molecular weight is 530 g/mol. The summed E-state index contributed by atoms with van der Waals surface area (Å²) in [5.41, 5.74) is 3.83. The van der Waals surface area contributed by atoms with E-state index in [0.29, 0.717) is 61.9 Å². The van der Waals surface area contributed by atoms with Crippen molar-refractivity contribution in [3.05, 3.63) is 65.9 Å². The van der Waals surface area contributed by atoms with E-state index in [1.807, 2.05) is 13.8 Å². The van der Waals surface area contributed by atoms with Crippen LogP contribution in [0.4, 0.5) is 14.5 Å². The van der Waals surface area contributed by atoms with Crippen molar-refractivity contribution in [1.82, 2.24) is 30.1 Å². The minimum atomic E-state index is -0.502. The van der Waals surface area contributed by atoms with E-state index in [2.05, 4.69) is 35.5 Å². The molecule has 0 fully saturated rings. The maximum Gasteiger partial charge on any atom is 0.224 e. The van der Waals surface area contributed by atoms with Crippen LogP contribution in [0.1, 0.15) is 20.3 Å². The van der Waals surface area contributed by atoms with Gasteiger partial charge in [0.15, 0.2) is 11.0 Å². The molecule has 0 aliphatic carbocycles. The van der Waals surface area contributed by atoms with Gasteiger partial charge in [0.25, 0.3) is 0 Å². The molecule has 3 N–H and O–H groups in total. The number of H-pyrrole nitrogens is 2. The molecule has 8 nitrogen and oxygen atoms in total. The molecule has 1 amide bonds. The van der Waals surface area contributed by atoms with Crippen LogP contribution in [0.3, 0.4) is 0 Å². The normalized spacial score (nSPS) is 11.6. The van der Waals surface area contributed by atoms with Gasteiger partial charge in [-0.05, 0) is 42.3 Å². The van der Waals surface area contributed by atoms with Crippen LogP contribution in [0.25, 0.3) is 55.2 Å². The summed E-state index contributed by atoms with van der Waals surface area (Å²) < 4.78 is 29.7. The van der Waals surface area contributed by atoms with E-state index in [1.54, 1.807) is 42.7 Å². The average Bonchev–Trinajstić information content (AvgIpc) is 3.61. The third kappa shape index (κ3) is 4.30. The van der Waals surface area contributed by atoms with Gasteiger partial charge < -0.3 is 10.3 Å². The van der Waals surface area contributed by atoms with Crippen LogP contribution in [0.15, 0.2) is 55.0 Å². The second-order valence-corrected chi connectivity index (χ2v) is 10.3. The number of thiophene rings is 1. The number of pyridine rings is 2. The number of benzene rings is 1. The molecule has 0 saturated carbocycles. The highest BCUT2D eigenvalue weighted by Gasteiger charge is 2.21. The van der Waals surface area contributed by atoms with Crippen molar-refractivity contribution >= 4 is 44.9 Å². The lowest BCUT2D eigenvalue weighted by atomic mass is 10.0. The number of aromatic amines is 2. The number of anilines is 1. The first-order chi connectivity index (χ1) is 18.4. The zero-order valence-corrected chi connectivity index (χ0v) is 21.2. The molecule has 0 atom stereocenters. The van der Waals surface area contributed by atoms with Gasteiger partial charge in [0.2, 0.25) is 5.91 Å². The van der Waals surface area contributed by atoms with Crippen molar-refractivity contribution in [1.29, 1.82) is 0 Å². The molecule has 0 bridgehead atoms. The Labute approximate surface area is 219 Å². The minimum absolute atomic E-state index is 0.129. The van der Waals surface area contributed by atoms with Crippen molar-refractivity contribution in [3.8, 4) is 33.2 Å². The third-order valence-electron chi connectivity index (χ3n) is 6.03. The van der Waals surface area contributed by atoms with Crippen LogP contribution < -0.4 is 5.32 Å². The quantitative estimate of drug-likeness (QED) is 0.226. The van der Waals surface area contributed by atoms with Crippen molar-refractivity contribution in [2.75, 3.05) is 5.32 Å². The molecular formula is C27H21F2N7OS. The molecule has 0 spiro atoms. The number of hydrogen-bond donors (Lipinski definition) is 3. The van der Waals surface area contributed by atoms with Gasteiger partial charge in [0.1, 0.15) is 22.7 Å². The molecule has 5 heterocycles. The van der Waals surface area contributed by atoms with Gasteiger partial charge in [-0.25, -0.2) is 9.37 Å². The van der Waals surface area contributed by atoms with E-state index in [-0.39, 0.29) is 22.3 Å². The largest absolute Gasteiger partial charge is 0.336 e. The Morgan fingerprint density at radius 3 is 2.74 bits per heavy atom. The van der Waals surface area contributed by atoms with Crippen LogP contribution in [-0.4, -0.2) is 36.0 Å². The van der Waals surface area contributed by atoms with Crippen LogP contribution >= 0.6 is 11.3 Å². The zero-order chi connectivity index (χ0) is 26.4. The Balaban J connectivity index is 1.42. The summed E-state index contributed by atoms with van der Waals surface area (Å²) in [4.78, 5) is 29.3. The Bertz CT molecular complexity index is 1820. The molecule has 0 aliphatic heterocycles. The van der Waals surface area contributed by atoms with Gasteiger partial charge in [-0.15, -0.1) is 11.3 Å². The Morgan fingerprint density at radius 1 is 1.08 bits per heavy atom. The van der Waals surface area contributed by atoms with Gasteiger partial charge >= 0.3 is 0 Å². The fraction of sp³-hybridized carbons (Fsp3) is 0.148. The van der Waals surface area contributed by atoms with Crippen LogP contribution in [0.5, 0.6) is 0 Å². The number of fused-ring (bicyclic) bond motifs is 2. The number of hydrogen-bond acceptors (Lipinski definition) is 6. The topological polar surface area (TPSA) is 112 Å². The molecule has 0 unspecified atom stereocenters. The Morgan fingerprint density at radius 2 is 1.95 bits per heavy atom. The van der Waals surface area contributed by atoms with Gasteiger partial charge in [-0.2, -0.15) is 9.49 Å². The number of carbonyl (C=O) groups excluding carboxylic acids is 1. The fourth-order valence-electron chi connectivity index (χ4n) is 4.37. The Hall–Kier alpha value is -4.51.